The molecule has 1 aliphatic rings. The maximum Gasteiger partial charge on any atom is 0.339 e. The zero-order chi connectivity index (χ0) is 22.3. The maximum atomic E-state index is 13.0. The van der Waals surface area contributed by atoms with Crippen molar-refractivity contribution in [3.05, 3.63) is 77.4 Å². The third kappa shape index (κ3) is 3.34. The number of carbonyl (C=O) groups is 2. The summed E-state index contributed by atoms with van der Waals surface area (Å²) in [4.78, 5) is 25.2. The average molecular weight is 436 g/mol. The Kier molecular flexibility index (Phi) is 5.02. The lowest BCUT2D eigenvalue weighted by atomic mass is 9.96. The summed E-state index contributed by atoms with van der Waals surface area (Å²) < 4.78 is 31.8. The standard InChI is InChI=1S/C23H20N2O5S/c1-14-12-15(22(26)24-19-10-6-4-9-17(19)23(27)30-3)13-18-16-8-5-7-11-20(16)31(28,29)25(2)21(14)18/h4-13H,1-3H3,(H,24,26). The number of carbonyl (C=O) groups excluding carboxylic acids is 2. The van der Waals surface area contributed by atoms with E-state index in [2.05, 4.69) is 5.32 Å². The summed E-state index contributed by atoms with van der Waals surface area (Å²) in [6, 6.07) is 16.6. The van der Waals surface area contributed by atoms with Gasteiger partial charge in [0.05, 0.1) is 28.9 Å². The minimum absolute atomic E-state index is 0.193. The van der Waals surface area contributed by atoms with Gasteiger partial charge in [0.2, 0.25) is 0 Å². The first kappa shape index (κ1) is 20.6. The smallest absolute Gasteiger partial charge is 0.339 e. The van der Waals surface area contributed by atoms with Crippen LogP contribution >= 0.6 is 0 Å². The molecule has 7 nitrogen and oxygen atoms in total. The number of para-hydroxylation sites is 1. The number of esters is 1. The van der Waals surface area contributed by atoms with Crippen molar-refractivity contribution in [3.8, 4) is 11.1 Å². The van der Waals surface area contributed by atoms with Crippen molar-refractivity contribution in [1.82, 2.24) is 0 Å². The van der Waals surface area contributed by atoms with Crippen LogP contribution in [0.25, 0.3) is 11.1 Å². The molecular weight excluding hydrogens is 416 g/mol. The number of fused-ring (bicyclic) bond motifs is 3. The van der Waals surface area contributed by atoms with E-state index in [0.29, 0.717) is 33.6 Å². The third-order valence-corrected chi connectivity index (χ3v) is 7.09. The van der Waals surface area contributed by atoms with Crippen LogP contribution in [0.15, 0.2) is 65.6 Å². The summed E-state index contributed by atoms with van der Waals surface area (Å²) in [6.07, 6.45) is 0. The van der Waals surface area contributed by atoms with Gasteiger partial charge in [-0.3, -0.25) is 9.10 Å². The predicted molar refractivity (Wildman–Crippen MR) is 118 cm³/mol. The number of hydrogen-bond acceptors (Lipinski definition) is 5. The highest BCUT2D eigenvalue weighted by atomic mass is 32.2. The molecule has 3 aromatic rings. The minimum atomic E-state index is -3.67. The molecule has 0 radical (unpaired) electrons. The monoisotopic (exact) mass is 436 g/mol. The van der Waals surface area contributed by atoms with Gasteiger partial charge in [-0.15, -0.1) is 0 Å². The molecule has 0 unspecified atom stereocenters. The first-order chi connectivity index (χ1) is 14.8. The second-order valence-electron chi connectivity index (χ2n) is 7.15. The topological polar surface area (TPSA) is 92.8 Å². The minimum Gasteiger partial charge on any atom is -0.465 e. The van der Waals surface area contributed by atoms with Crippen LogP contribution in [0.4, 0.5) is 11.4 Å². The summed E-state index contributed by atoms with van der Waals surface area (Å²) in [5.41, 5.74) is 3.29. The molecule has 0 saturated heterocycles. The lowest BCUT2D eigenvalue weighted by Gasteiger charge is -2.31. The maximum absolute atomic E-state index is 13.0. The molecule has 0 fully saturated rings. The predicted octanol–water partition coefficient (Wildman–Crippen LogP) is 3.84. The number of methoxy groups -OCH3 is 1. The Bertz CT molecular complexity index is 1330. The largest absolute Gasteiger partial charge is 0.465 e. The van der Waals surface area contributed by atoms with Crippen molar-refractivity contribution >= 4 is 33.3 Å². The number of hydrogen-bond donors (Lipinski definition) is 1. The Hall–Kier alpha value is -3.65. The van der Waals surface area contributed by atoms with E-state index in [1.807, 2.05) is 0 Å². The van der Waals surface area contributed by atoms with Gasteiger partial charge in [0.1, 0.15) is 0 Å². The first-order valence-electron chi connectivity index (χ1n) is 9.47. The van der Waals surface area contributed by atoms with Crippen molar-refractivity contribution in [2.45, 2.75) is 11.8 Å². The van der Waals surface area contributed by atoms with Gasteiger partial charge < -0.3 is 10.1 Å². The van der Waals surface area contributed by atoms with Crippen LogP contribution < -0.4 is 9.62 Å². The van der Waals surface area contributed by atoms with E-state index in [4.69, 9.17) is 4.74 Å². The zero-order valence-corrected chi connectivity index (χ0v) is 18.0. The first-order valence-corrected chi connectivity index (χ1v) is 10.9. The molecule has 0 saturated carbocycles. The Morgan fingerprint density at radius 2 is 1.65 bits per heavy atom. The number of aryl methyl sites for hydroxylation is 1. The fourth-order valence-corrected chi connectivity index (χ4v) is 5.27. The Morgan fingerprint density at radius 1 is 0.968 bits per heavy atom. The van der Waals surface area contributed by atoms with E-state index in [9.17, 15) is 18.0 Å². The number of sulfonamides is 1. The van der Waals surface area contributed by atoms with E-state index in [1.54, 1.807) is 67.6 Å². The van der Waals surface area contributed by atoms with Crippen LogP contribution in [0.1, 0.15) is 26.3 Å². The van der Waals surface area contributed by atoms with Gasteiger partial charge >= 0.3 is 5.97 Å². The number of nitrogens with zero attached hydrogens (tertiary/aromatic N) is 1. The highest BCUT2D eigenvalue weighted by molar-refractivity contribution is 7.93. The van der Waals surface area contributed by atoms with Crippen LogP contribution in [0.3, 0.4) is 0 Å². The molecule has 3 aromatic carbocycles. The van der Waals surface area contributed by atoms with Gasteiger partial charge in [-0.25, -0.2) is 13.2 Å². The SMILES string of the molecule is COC(=O)c1ccccc1NC(=O)c1cc(C)c2c(c1)-c1ccccc1S(=O)(=O)N2C. The lowest BCUT2D eigenvalue weighted by molar-refractivity contribution is 0.0602. The fraction of sp³-hybridized carbons (Fsp3) is 0.130. The quantitative estimate of drug-likeness (QED) is 0.630. The summed E-state index contributed by atoms with van der Waals surface area (Å²) in [5, 5.41) is 2.76. The van der Waals surface area contributed by atoms with Gasteiger partial charge in [-0.1, -0.05) is 30.3 Å². The van der Waals surface area contributed by atoms with Crippen LogP contribution in [0, 0.1) is 6.92 Å². The summed E-state index contributed by atoms with van der Waals surface area (Å²) in [7, 11) is -0.898. The van der Waals surface area contributed by atoms with Gasteiger partial charge in [-0.2, -0.15) is 0 Å². The average Bonchev–Trinajstić information content (AvgIpc) is 2.77. The fourth-order valence-electron chi connectivity index (χ4n) is 3.79. The van der Waals surface area contributed by atoms with Crippen LogP contribution in [-0.4, -0.2) is 34.5 Å². The Labute approximate surface area is 180 Å². The molecule has 0 atom stereocenters. The van der Waals surface area contributed by atoms with E-state index >= 15 is 0 Å². The second kappa shape index (κ2) is 7.55. The molecule has 31 heavy (non-hydrogen) atoms. The number of amides is 1. The second-order valence-corrected chi connectivity index (χ2v) is 9.09. The molecule has 4 rings (SSSR count). The van der Waals surface area contributed by atoms with Gasteiger partial charge in [0.15, 0.2) is 0 Å². The molecule has 1 heterocycles. The Morgan fingerprint density at radius 3 is 2.39 bits per heavy atom. The molecule has 1 aliphatic heterocycles. The van der Waals surface area contributed by atoms with Crippen LogP contribution in [-0.2, 0) is 14.8 Å². The van der Waals surface area contributed by atoms with E-state index in [1.165, 1.54) is 18.5 Å². The van der Waals surface area contributed by atoms with Crippen molar-refractivity contribution in [1.29, 1.82) is 0 Å². The van der Waals surface area contributed by atoms with E-state index in [0.717, 1.165) is 0 Å². The summed E-state index contributed by atoms with van der Waals surface area (Å²) in [6.45, 7) is 1.76. The summed E-state index contributed by atoms with van der Waals surface area (Å²) in [5.74, 6) is -0.978. The van der Waals surface area contributed by atoms with Crippen molar-refractivity contribution in [2.24, 2.45) is 0 Å². The van der Waals surface area contributed by atoms with Crippen LogP contribution in [0.2, 0.25) is 0 Å². The Balaban J connectivity index is 1.80. The molecule has 0 aromatic heterocycles. The molecule has 1 amide bonds. The number of benzene rings is 3. The van der Waals surface area contributed by atoms with Gasteiger partial charge in [0, 0.05) is 23.7 Å². The van der Waals surface area contributed by atoms with Gasteiger partial charge in [0.25, 0.3) is 15.9 Å². The molecule has 1 N–H and O–H groups in total. The molecule has 0 aliphatic carbocycles. The lowest BCUT2D eigenvalue weighted by Crippen LogP contribution is -2.31. The molecule has 158 valence electrons. The molecule has 0 bridgehead atoms. The van der Waals surface area contributed by atoms with Crippen molar-refractivity contribution < 1.29 is 22.7 Å². The highest BCUT2D eigenvalue weighted by Crippen LogP contribution is 2.44. The van der Waals surface area contributed by atoms with E-state index < -0.39 is 21.9 Å². The summed E-state index contributed by atoms with van der Waals surface area (Å²) >= 11 is 0. The molecular formula is C23H20N2O5S. The number of ether oxygens (including phenoxy) is 1. The molecule has 0 spiro atoms. The number of rotatable bonds is 3. The normalized spacial score (nSPS) is 13.7. The van der Waals surface area contributed by atoms with E-state index in [-0.39, 0.29) is 10.5 Å². The number of nitrogens with one attached hydrogen (secondary N) is 1. The van der Waals surface area contributed by atoms with Crippen molar-refractivity contribution in [2.75, 3.05) is 23.8 Å². The third-order valence-electron chi connectivity index (χ3n) is 5.27. The van der Waals surface area contributed by atoms with Crippen LogP contribution in [0.5, 0.6) is 0 Å². The highest BCUT2D eigenvalue weighted by Gasteiger charge is 2.34. The number of anilines is 2. The molecule has 8 heteroatoms. The van der Waals surface area contributed by atoms with Crippen molar-refractivity contribution in [3.63, 3.8) is 0 Å². The zero-order valence-electron chi connectivity index (χ0n) is 17.2. The van der Waals surface area contributed by atoms with Gasteiger partial charge in [-0.05, 0) is 42.8 Å².